The molecule has 0 fully saturated rings. The maximum Gasteiger partial charge on any atom is 0.335 e. The van der Waals surface area contributed by atoms with E-state index < -0.39 is 11.9 Å². The fourth-order valence-corrected chi connectivity index (χ4v) is 3.77. The summed E-state index contributed by atoms with van der Waals surface area (Å²) in [7, 11) is 0. The smallest absolute Gasteiger partial charge is 0.335 e. The summed E-state index contributed by atoms with van der Waals surface area (Å²) in [5, 5.41) is 18.2. The van der Waals surface area contributed by atoms with E-state index in [0.29, 0.717) is 12.4 Å². The molecule has 0 aliphatic heterocycles. The first-order valence-corrected chi connectivity index (χ1v) is 12.3. The first-order chi connectivity index (χ1) is 15.0. The van der Waals surface area contributed by atoms with Crippen molar-refractivity contribution in [3.8, 4) is 5.75 Å². The highest BCUT2D eigenvalue weighted by molar-refractivity contribution is 5.94. The molecule has 0 atom stereocenters. The van der Waals surface area contributed by atoms with E-state index in [-0.39, 0.29) is 11.1 Å². The second-order valence-electron chi connectivity index (χ2n) is 8.51. The second-order valence-corrected chi connectivity index (χ2v) is 8.51. The van der Waals surface area contributed by atoms with Crippen LogP contribution in [0, 0.1) is 0 Å². The zero-order valence-electron chi connectivity index (χ0n) is 19.4. The molecule has 0 saturated carbocycles. The normalized spacial score (nSPS) is 10.9. The van der Waals surface area contributed by atoms with Gasteiger partial charge in [-0.05, 0) is 24.6 Å². The Labute approximate surface area is 188 Å². The van der Waals surface area contributed by atoms with E-state index in [1.807, 2.05) is 0 Å². The van der Waals surface area contributed by atoms with E-state index in [0.717, 1.165) is 18.9 Å². The number of unbranched alkanes of at least 4 members (excludes halogenated alkanes) is 15. The molecule has 0 spiro atoms. The predicted molar refractivity (Wildman–Crippen MR) is 125 cm³/mol. The molecule has 0 aliphatic rings. The number of hydrogen-bond donors (Lipinski definition) is 2. The molecular formula is C26H42O5. The van der Waals surface area contributed by atoms with Gasteiger partial charge >= 0.3 is 11.9 Å². The molecule has 0 saturated heterocycles. The fraction of sp³-hybridized carbons (Fsp3) is 0.692. The summed E-state index contributed by atoms with van der Waals surface area (Å²) in [6.45, 7) is 2.74. The Morgan fingerprint density at radius 1 is 0.613 bits per heavy atom. The van der Waals surface area contributed by atoms with Gasteiger partial charge in [-0.2, -0.15) is 0 Å². The topological polar surface area (TPSA) is 83.8 Å². The van der Waals surface area contributed by atoms with Gasteiger partial charge in [0.05, 0.1) is 17.7 Å². The minimum absolute atomic E-state index is 0.0677. The van der Waals surface area contributed by atoms with Crippen molar-refractivity contribution in [1.82, 2.24) is 0 Å². The largest absolute Gasteiger partial charge is 0.494 e. The number of carbonyl (C=O) groups is 2. The van der Waals surface area contributed by atoms with Crippen molar-refractivity contribution in [3.05, 3.63) is 29.3 Å². The molecule has 31 heavy (non-hydrogen) atoms. The van der Waals surface area contributed by atoms with Gasteiger partial charge in [0.2, 0.25) is 0 Å². The van der Waals surface area contributed by atoms with Crippen molar-refractivity contribution in [2.75, 3.05) is 6.61 Å². The van der Waals surface area contributed by atoms with Gasteiger partial charge in [0.15, 0.2) is 0 Å². The average Bonchev–Trinajstić information content (AvgIpc) is 2.75. The molecule has 5 nitrogen and oxygen atoms in total. The Morgan fingerprint density at radius 3 is 1.32 bits per heavy atom. The number of carboxylic acid groups (broad SMARTS) is 2. The van der Waals surface area contributed by atoms with Crippen LogP contribution in [-0.4, -0.2) is 28.8 Å². The van der Waals surface area contributed by atoms with E-state index in [1.54, 1.807) is 0 Å². The number of hydrogen-bond acceptors (Lipinski definition) is 3. The Balaban J connectivity index is 1.97. The zero-order valence-corrected chi connectivity index (χ0v) is 19.4. The van der Waals surface area contributed by atoms with Gasteiger partial charge in [-0.1, -0.05) is 103 Å². The summed E-state index contributed by atoms with van der Waals surface area (Å²) < 4.78 is 5.58. The molecule has 1 aromatic rings. The average molecular weight is 435 g/mol. The predicted octanol–water partition coefficient (Wildman–Crippen LogP) is 7.72. The Hall–Kier alpha value is -2.04. The highest BCUT2D eigenvalue weighted by Gasteiger charge is 2.12. The standard InChI is InChI=1S/C26H42O5/c1-2-3-4-5-6-7-8-9-10-11-12-13-14-15-16-17-18-31-24-20-22(25(27)28)19-23(21-24)26(29)30/h19-21H,2-18H2,1H3,(H,27,28)(H,29,30). The molecule has 0 amide bonds. The molecule has 0 unspecified atom stereocenters. The third-order valence-corrected chi connectivity index (χ3v) is 5.67. The fourth-order valence-electron chi connectivity index (χ4n) is 3.77. The summed E-state index contributed by atoms with van der Waals surface area (Å²) in [6, 6.07) is 3.90. The van der Waals surface area contributed by atoms with Crippen LogP contribution in [0.25, 0.3) is 0 Å². The SMILES string of the molecule is CCCCCCCCCCCCCCCCCCOc1cc(C(=O)O)cc(C(=O)O)c1. The summed E-state index contributed by atoms with van der Waals surface area (Å²) in [5.74, 6) is -2.01. The van der Waals surface area contributed by atoms with Crippen LogP contribution in [0.15, 0.2) is 18.2 Å². The van der Waals surface area contributed by atoms with Crippen LogP contribution >= 0.6 is 0 Å². The van der Waals surface area contributed by atoms with Crippen LogP contribution in [0.1, 0.15) is 130 Å². The number of rotatable bonds is 20. The molecule has 0 aliphatic carbocycles. The highest BCUT2D eigenvalue weighted by Crippen LogP contribution is 2.19. The number of benzene rings is 1. The molecule has 2 N–H and O–H groups in total. The minimum atomic E-state index is -1.16. The summed E-state index contributed by atoms with van der Waals surface area (Å²) in [6.07, 6.45) is 20.9. The zero-order chi connectivity index (χ0) is 22.7. The summed E-state index contributed by atoms with van der Waals surface area (Å²) in [5.41, 5.74) is -0.135. The Bertz CT molecular complexity index is 594. The van der Waals surface area contributed by atoms with Gasteiger partial charge in [0, 0.05) is 0 Å². The molecule has 0 radical (unpaired) electrons. The molecule has 1 aromatic carbocycles. The Kier molecular flexibility index (Phi) is 15.3. The lowest BCUT2D eigenvalue weighted by Crippen LogP contribution is -2.05. The number of ether oxygens (including phenoxy) is 1. The van der Waals surface area contributed by atoms with Gasteiger partial charge in [-0.3, -0.25) is 0 Å². The van der Waals surface area contributed by atoms with Crippen molar-refractivity contribution in [1.29, 1.82) is 0 Å². The van der Waals surface area contributed by atoms with E-state index in [2.05, 4.69) is 6.92 Å². The van der Waals surface area contributed by atoms with E-state index in [9.17, 15) is 9.59 Å². The first kappa shape index (κ1) is 27.0. The van der Waals surface area contributed by atoms with Crippen molar-refractivity contribution in [3.63, 3.8) is 0 Å². The summed E-state index contributed by atoms with van der Waals surface area (Å²) >= 11 is 0. The van der Waals surface area contributed by atoms with Crippen LogP contribution in [0.2, 0.25) is 0 Å². The van der Waals surface area contributed by atoms with Gasteiger partial charge in [0.1, 0.15) is 5.75 Å². The maximum atomic E-state index is 11.1. The maximum absolute atomic E-state index is 11.1. The second kappa shape index (κ2) is 17.6. The minimum Gasteiger partial charge on any atom is -0.494 e. The van der Waals surface area contributed by atoms with Gasteiger partial charge < -0.3 is 14.9 Å². The monoisotopic (exact) mass is 434 g/mol. The third-order valence-electron chi connectivity index (χ3n) is 5.67. The molecule has 0 bridgehead atoms. The number of aromatic carboxylic acids is 2. The van der Waals surface area contributed by atoms with E-state index in [1.165, 1.54) is 102 Å². The van der Waals surface area contributed by atoms with Crippen LogP contribution < -0.4 is 4.74 Å². The molecular weight excluding hydrogens is 392 g/mol. The number of carboxylic acids is 2. The molecule has 1 rings (SSSR count). The molecule has 5 heteroatoms. The van der Waals surface area contributed by atoms with Crippen LogP contribution in [0.4, 0.5) is 0 Å². The first-order valence-electron chi connectivity index (χ1n) is 12.3. The molecule has 0 aromatic heterocycles. The van der Waals surface area contributed by atoms with Crippen LogP contribution in [0.5, 0.6) is 5.75 Å². The van der Waals surface area contributed by atoms with Crippen molar-refractivity contribution in [2.45, 2.75) is 110 Å². The van der Waals surface area contributed by atoms with Crippen LogP contribution in [0.3, 0.4) is 0 Å². The van der Waals surface area contributed by atoms with Gasteiger partial charge in [-0.15, -0.1) is 0 Å². The molecule has 176 valence electrons. The van der Waals surface area contributed by atoms with E-state index in [4.69, 9.17) is 14.9 Å². The van der Waals surface area contributed by atoms with Crippen molar-refractivity contribution in [2.24, 2.45) is 0 Å². The van der Waals surface area contributed by atoms with Crippen LogP contribution in [-0.2, 0) is 0 Å². The lowest BCUT2D eigenvalue weighted by Gasteiger charge is -2.08. The van der Waals surface area contributed by atoms with Crippen molar-refractivity contribution >= 4 is 11.9 Å². The van der Waals surface area contributed by atoms with Gasteiger partial charge in [0.25, 0.3) is 0 Å². The quantitative estimate of drug-likeness (QED) is 0.205. The van der Waals surface area contributed by atoms with Gasteiger partial charge in [-0.25, -0.2) is 9.59 Å². The third kappa shape index (κ3) is 13.8. The highest BCUT2D eigenvalue weighted by atomic mass is 16.5. The summed E-state index contributed by atoms with van der Waals surface area (Å²) in [4.78, 5) is 22.2. The van der Waals surface area contributed by atoms with Crippen molar-refractivity contribution < 1.29 is 24.5 Å². The Morgan fingerprint density at radius 2 is 0.968 bits per heavy atom. The lowest BCUT2D eigenvalue weighted by atomic mass is 10.0. The molecule has 0 heterocycles. The lowest BCUT2D eigenvalue weighted by molar-refractivity contribution is 0.0696. The van der Waals surface area contributed by atoms with E-state index >= 15 is 0 Å².